The number of nitrogens with two attached hydrogens (primary N) is 1. The molecule has 3 N–H and O–H groups in total. The van der Waals surface area contributed by atoms with Crippen LogP contribution in [0.2, 0.25) is 0 Å². The van der Waals surface area contributed by atoms with Crippen molar-refractivity contribution in [2.24, 2.45) is 0 Å². The van der Waals surface area contributed by atoms with Gasteiger partial charge in [0.25, 0.3) is 5.91 Å². The number of amides is 1. The largest absolute Gasteiger partial charge is 0.383 e. The molecule has 0 saturated carbocycles. The predicted molar refractivity (Wildman–Crippen MR) is 109 cm³/mol. The number of nitrogens with zero attached hydrogens (tertiary/aromatic N) is 6. The molecule has 0 unspecified atom stereocenters. The average Bonchev–Trinajstić information content (AvgIpc) is 3.22. The van der Waals surface area contributed by atoms with E-state index in [1.165, 1.54) is 23.0 Å². The summed E-state index contributed by atoms with van der Waals surface area (Å²) in [4.78, 5) is 29.6. The Kier molecular flexibility index (Phi) is 4.80. The summed E-state index contributed by atoms with van der Waals surface area (Å²) in [7, 11) is 0. The number of nitrogen functional groups attached to an aromatic ring is 1. The van der Waals surface area contributed by atoms with Gasteiger partial charge in [-0.05, 0) is 19.9 Å². The van der Waals surface area contributed by atoms with Gasteiger partial charge in [0.15, 0.2) is 0 Å². The second-order valence-corrected chi connectivity index (χ2v) is 6.89. The van der Waals surface area contributed by atoms with E-state index in [-0.39, 0.29) is 11.7 Å². The van der Waals surface area contributed by atoms with E-state index < -0.39 is 0 Å². The van der Waals surface area contributed by atoms with Crippen molar-refractivity contribution in [3.8, 4) is 11.8 Å². The van der Waals surface area contributed by atoms with E-state index in [2.05, 4.69) is 47.3 Å². The Morgan fingerprint density at radius 1 is 1.14 bits per heavy atom. The lowest BCUT2D eigenvalue weighted by Crippen LogP contribution is -2.12. The molecule has 0 aliphatic heterocycles. The van der Waals surface area contributed by atoms with Gasteiger partial charge in [-0.15, -0.1) is 10.2 Å². The molecular formula is C19H14N8OS. The first-order valence-electron chi connectivity index (χ1n) is 8.45. The maximum atomic E-state index is 12.3. The number of fused-ring (bicyclic) bond motifs is 1. The Labute approximate surface area is 169 Å². The molecule has 0 fully saturated rings. The lowest BCUT2D eigenvalue weighted by Gasteiger charge is -2.05. The van der Waals surface area contributed by atoms with Crippen molar-refractivity contribution in [3.63, 3.8) is 0 Å². The maximum Gasteiger partial charge on any atom is 0.259 e. The van der Waals surface area contributed by atoms with Crippen molar-refractivity contribution in [1.29, 1.82) is 0 Å². The molecule has 0 saturated heterocycles. The number of anilines is 2. The molecule has 0 spiro atoms. The third-order valence-corrected chi connectivity index (χ3v) is 4.67. The minimum absolute atomic E-state index is 0.265. The second-order valence-electron chi connectivity index (χ2n) is 6.06. The summed E-state index contributed by atoms with van der Waals surface area (Å²) in [6, 6.07) is 1.63. The van der Waals surface area contributed by atoms with Crippen LogP contribution < -0.4 is 11.1 Å². The molecule has 4 heterocycles. The van der Waals surface area contributed by atoms with Crippen LogP contribution in [-0.4, -0.2) is 36.0 Å². The first-order chi connectivity index (χ1) is 14.0. The van der Waals surface area contributed by atoms with Crippen LogP contribution in [0.3, 0.4) is 0 Å². The van der Waals surface area contributed by atoms with Gasteiger partial charge in [0.05, 0.1) is 28.7 Å². The molecule has 0 aromatic carbocycles. The van der Waals surface area contributed by atoms with Crippen LogP contribution in [0.4, 0.5) is 10.9 Å². The first kappa shape index (κ1) is 18.4. The highest BCUT2D eigenvalue weighted by molar-refractivity contribution is 7.13. The van der Waals surface area contributed by atoms with Gasteiger partial charge in [-0.2, -0.15) is 0 Å². The molecule has 0 aliphatic rings. The Morgan fingerprint density at radius 3 is 2.76 bits per heavy atom. The van der Waals surface area contributed by atoms with E-state index in [9.17, 15) is 4.79 Å². The molecule has 0 atom stereocenters. The number of hydrogen-bond donors (Lipinski definition) is 2. The number of aryl methyl sites for hydroxylation is 2. The van der Waals surface area contributed by atoms with Gasteiger partial charge in [0.2, 0.25) is 5.13 Å². The Balaban J connectivity index is 1.69. The monoisotopic (exact) mass is 402 g/mol. The summed E-state index contributed by atoms with van der Waals surface area (Å²) in [5.41, 5.74) is 11.8. The lowest BCUT2D eigenvalue weighted by molar-refractivity contribution is 0.102. The summed E-state index contributed by atoms with van der Waals surface area (Å²) in [5, 5.41) is 10.5. The molecular weight excluding hydrogens is 388 g/mol. The van der Waals surface area contributed by atoms with Crippen molar-refractivity contribution in [2.75, 3.05) is 11.1 Å². The Hall–Kier alpha value is -3.97. The smallest absolute Gasteiger partial charge is 0.259 e. The number of carbonyl (C=O) groups excluding carboxylic acids is 1. The third-order valence-electron chi connectivity index (χ3n) is 4.07. The van der Waals surface area contributed by atoms with Crippen LogP contribution in [0.25, 0.3) is 11.0 Å². The van der Waals surface area contributed by atoms with E-state index >= 15 is 0 Å². The van der Waals surface area contributed by atoms with Crippen LogP contribution in [-0.2, 0) is 0 Å². The molecule has 9 nitrogen and oxygen atoms in total. The van der Waals surface area contributed by atoms with Gasteiger partial charge in [0.1, 0.15) is 22.4 Å². The predicted octanol–water partition coefficient (Wildman–Crippen LogP) is 2.12. The van der Waals surface area contributed by atoms with Crippen LogP contribution in [0.5, 0.6) is 0 Å². The zero-order valence-electron chi connectivity index (χ0n) is 15.5. The standard InChI is InChI=1S/C19H14N8OS/c1-10-11(2)25-16-14(17(20)22-8-15(16)24-10)4-3-12-5-13(7-21-6-12)18(28)26-19-27-23-9-29-19/h5-9H,1-2H3,(H2,20,22)(H,26,27,28). The van der Waals surface area contributed by atoms with Gasteiger partial charge in [-0.1, -0.05) is 23.2 Å². The summed E-state index contributed by atoms with van der Waals surface area (Å²) < 4.78 is 0. The Morgan fingerprint density at radius 2 is 1.97 bits per heavy atom. The maximum absolute atomic E-state index is 12.3. The number of rotatable bonds is 2. The highest BCUT2D eigenvalue weighted by Crippen LogP contribution is 2.20. The van der Waals surface area contributed by atoms with E-state index in [0.717, 1.165) is 11.4 Å². The summed E-state index contributed by atoms with van der Waals surface area (Å²) in [5.74, 6) is 5.89. The van der Waals surface area contributed by atoms with Crippen molar-refractivity contribution in [2.45, 2.75) is 13.8 Å². The van der Waals surface area contributed by atoms with E-state index in [0.29, 0.717) is 32.9 Å². The molecule has 142 valence electrons. The molecule has 0 aliphatic carbocycles. The molecule has 4 aromatic rings. The van der Waals surface area contributed by atoms with Crippen molar-refractivity contribution < 1.29 is 4.79 Å². The molecule has 4 aromatic heterocycles. The highest BCUT2D eigenvalue weighted by Gasteiger charge is 2.11. The van der Waals surface area contributed by atoms with Crippen LogP contribution in [0.15, 0.2) is 30.2 Å². The van der Waals surface area contributed by atoms with Crippen molar-refractivity contribution >= 4 is 39.2 Å². The fraction of sp³-hybridized carbons (Fsp3) is 0.105. The van der Waals surface area contributed by atoms with Gasteiger partial charge in [0, 0.05) is 18.0 Å². The quantitative estimate of drug-likeness (QED) is 0.487. The molecule has 0 radical (unpaired) electrons. The highest BCUT2D eigenvalue weighted by atomic mass is 32.1. The van der Waals surface area contributed by atoms with E-state index in [4.69, 9.17) is 5.73 Å². The summed E-state index contributed by atoms with van der Waals surface area (Å²) >= 11 is 1.23. The topological polar surface area (TPSA) is 132 Å². The summed E-state index contributed by atoms with van der Waals surface area (Å²) in [6.07, 6.45) is 4.59. The minimum Gasteiger partial charge on any atom is -0.383 e. The van der Waals surface area contributed by atoms with Gasteiger partial charge in [-0.3, -0.25) is 15.1 Å². The Bertz CT molecular complexity index is 1290. The number of nitrogens with one attached hydrogen (secondary N) is 1. The van der Waals surface area contributed by atoms with E-state index in [1.807, 2.05) is 13.8 Å². The molecule has 10 heteroatoms. The SMILES string of the molecule is Cc1nc2cnc(N)c(C#Cc3cncc(C(=O)Nc4nncs4)c3)c2nc1C. The van der Waals surface area contributed by atoms with E-state index in [1.54, 1.807) is 18.5 Å². The fourth-order valence-corrected chi connectivity index (χ4v) is 2.94. The van der Waals surface area contributed by atoms with Gasteiger partial charge < -0.3 is 5.73 Å². The molecule has 0 bridgehead atoms. The molecule has 4 rings (SSSR count). The number of carbonyl (C=O) groups is 1. The third kappa shape index (κ3) is 3.85. The molecule has 29 heavy (non-hydrogen) atoms. The number of pyridine rings is 2. The zero-order chi connectivity index (χ0) is 20.4. The zero-order valence-corrected chi connectivity index (χ0v) is 16.3. The first-order valence-corrected chi connectivity index (χ1v) is 9.33. The normalized spacial score (nSPS) is 10.4. The number of hydrogen-bond acceptors (Lipinski definition) is 9. The lowest BCUT2D eigenvalue weighted by atomic mass is 10.1. The average molecular weight is 402 g/mol. The fourth-order valence-electron chi connectivity index (χ4n) is 2.50. The van der Waals surface area contributed by atoms with Crippen molar-refractivity contribution in [1.82, 2.24) is 30.1 Å². The second kappa shape index (κ2) is 7.57. The van der Waals surface area contributed by atoms with Crippen LogP contribution in [0.1, 0.15) is 32.9 Å². The van der Waals surface area contributed by atoms with Crippen LogP contribution in [0, 0.1) is 25.7 Å². The van der Waals surface area contributed by atoms with Gasteiger partial charge >= 0.3 is 0 Å². The van der Waals surface area contributed by atoms with Crippen molar-refractivity contribution in [3.05, 3.63) is 58.2 Å². The van der Waals surface area contributed by atoms with Gasteiger partial charge in [-0.25, -0.2) is 15.0 Å². The number of aromatic nitrogens is 6. The summed E-state index contributed by atoms with van der Waals surface area (Å²) in [6.45, 7) is 3.76. The molecule has 1 amide bonds. The minimum atomic E-state index is -0.346. The van der Waals surface area contributed by atoms with Crippen LogP contribution >= 0.6 is 11.3 Å².